The molecular weight excluding hydrogens is 167 g/mol. The standard InChI is InChI=1S/C10H21FN2/c1-9(2,3)13-6-5-10(4,11)8(12)7-13/h8H,5-7,12H2,1-4H3. The van der Waals surface area contributed by atoms with Crippen molar-refractivity contribution in [3.63, 3.8) is 0 Å². The van der Waals surface area contributed by atoms with Crippen molar-refractivity contribution in [3.05, 3.63) is 0 Å². The monoisotopic (exact) mass is 188 g/mol. The van der Waals surface area contributed by atoms with Gasteiger partial charge in [0.25, 0.3) is 0 Å². The number of halogens is 1. The van der Waals surface area contributed by atoms with Crippen molar-refractivity contribution in [2.75, 3.05) is 13.1 Å². The molecule has 1 heterocycles. The first kappa shape index (κ1) is 10.9. The lowest BCUT2D eigenvalue weighted by atomic mass is 9.88. The summed E-state index contributed by atoms with van der Waals surface area (Å²) in [5, 5.41) is 0. The molecule has 0 bridgehead atoms. The molecule has 0 aromatic rings. The average Bonchev–Trinajstić information content (AvgIpc) is 1.92. The molecule has 1 fully saturated rings. The molecule has 1 saturated heterocycles. The second-order valence-corrected chi connectivity index (χ2v) is 5.25. The summed E-state index contributed by atoms with van der Waals surface area (Å²) in [7, 11) is 0. The molecule has 0 amide bonds. The Labute approximate surface area is 80.3 Å². The summed E-state index contributed by atoms with van der Waals surface area (Å²) in [6.07, 6.45) is 0.547. The van der Waals surface area contributed by atoms with Gasteiger partial charge in [0, 0.05) is 18.6 Å². The topological polar surface area (TPSA) is 29.3 Å². The number of likely N-dealkylation sites (tertiary alicyclic amines) is 1. The summed E-state index contributed by atoms with van der Waals surface area (Å²) in [5.74, 6) is 0. The number of hydrogen-bond acceptors (Lipinski definition) is 2. The third kappa shape index (κ3) is 2.41. The van der Waals surface area contributed by atoms with Crippen molar-refractivity contribution in [1.82, 2.24) is 4.90 Å². The van der Waals surface area contributed by atoms with Crippen molar-refractivity contribution in [2.45, 2.75) is 51.4 Å². The quantitative estimate of drug-likeness (QED) is 0.625. The largest absolute Gasteiger partial charge is 0.324 e. The van der Waals surface area contributed by atoms with E-state index in [0.717, 1.165) is 6.54 Å². The van der Waals surface area contributed by atoms with E-state index < -0.39 is 5.67 Å². The van der Waals surface area contributed by atoms with E-state index in [2.05, 4.69) is 25.7 Å². The number of nitrogens with zero attached hydrogens (tertiary/aromatic N) is 1. The van der Waals surface area contributed by atoms with Gasteiger partial charge < -0.3 is 5.73 Å². The number of rotatable bonds is 0. The molecule has 0 aromatic carbocycles. The van der Waals surface area contributed by atoms with E-state index in [0.29, 0.717) is 13.0 Å². The summed E-state index contributed by atoms with van der Waals surface area (Å²) in [6, 6.07) is -0.347. The first-order valence-corrected chi connectivity index (χ1v) is 4.93. The molecule has 13 heavy (non-hydrogen) atoms. The van der Waals surface area contributed by atoms with Crippen LogP contribution < -0.4 is 5.73 Å². The maximum absolute atomic E-state index is 13.7. The van der Waals surface area contributed by atoms with Crippen molar-refractivity contribution in [3.8, 4) is 0 Å². The zero-order chi connectivity index (χ0) is 10.3. The van der Waals surface area contributed by atoms with Crippen LogP contribution >= 0.6 is 0 Å². The molecule has 2 nitrogen and oxygen atoms in total. The van der Waals surface area contributed by atoms with Crippen LogP contribution in [0.3, 0.4) is 0 Å². The van der Waals surface area contributed by atoms with Crippen LogP contribution in [-0.2, 0) is 0 Å². The smallest absolute Gasteiger partial charge is 0.125 e. The summed E-state index contributed by atoms with van der Waals surface area (Å²) >= 11 is 0. The highest BCUT2D eigenvalue weighted by Gasteiger charge is 2.39. The molecule has 78 valence electrons. The third-order valence-corrected chi connectivity index (χ3v) is 3.01. The summed E-state index contributed by atoms with van der Waals surface area (Å²) in [5.41, 5.74) is 4.71. The van der Waals surface area contributed by atoms with Crippen molar-refractivity contribution in [1.29, 1.82) is 0 Å². The minimum atomic E-state index is -1.18. The second-order valence-electron chi connectivity index (χ2n) is 5.25. The fourth-order valence-electron chi connectivity index (χ4n) is 1.67. The van der Waals surface area contributed by atoms with Crippen LogP contribution in [0.25, 0.3) is 0 Å². The molecule has 1 aliphatic heterocycles. The molecule has 3 heteroatoms. The molecule has 0 saturated carbocycles. The van der Waals surface area contributed by atoms with E-state index in [1.165, 1.54) is 0 Å². The normalized spacial score (nSPS) is 37.8. The van der Waals surface area contributed by atoms with Crippen LogP contribution in [0, 0.1) is 0 Å². The van der Waals surface area contributed by atoms with Gasteiger partial charge in [0.05, 0.1) is 6.04 Å². The Hall–Kier alpha value is -0.150. The highest BCUT2D eigenvalue weighted by molar-refractivity contribution is 4.96. The van der Waals surface area contributed by atoms with Gasteiger partial charge in [-0.1, -0.05) is 0 Å². The first-order chi connectivity index (χ1) is 5.73. The SMILES string of the molecule is CC1(F)CCN(C(C)(C)C)CC1N. The van der Waals surface area contributed by atoms with Crippen LogP contribution in [0.5, 0.6) is 0 Å². The summed E-state index contributed by atoms with van der Waals surface area (Å²) < 4.78 is 13.7. The third-order valence-electron chi connectivity index (χ3n) is 3.01. The van der Waals surface area contributed by atoms with Gasteiger partial charge in [-0.05, 0) is 34.1 Å². The molecule has 1 aliphatic rings. The summed E-state index contributed by atoms with van der Waals surface area (Å²) in [6.45, 7) is 9.50. The van der Waals surface area contributed by atoms with E-state index in [1.807, 2.05) is 0 Å². The Morgan fingerprint density at radius 2 is 2.00 bits per heavy atom. The fourth-order valence-corrected chi connectivity index (χ4v) is 1.67. The van der Waals surface area contributed by atoms with Crippen molar-refractivity contribution in [2.24, 2.45) is 5.73 Å². The zero-order valence-electron chi connectivity index (χ0n) is 9.10. The average molecular weight is 188 g/mol. The van der Waals surface area contributed by atoms with Crippen molar-refractivity contribution >= 4 is 0 Å². The van der Waals surface area contributed by atoms with Crippen LogP contribution in [0.4, 0.5) is 4.39 Å². The molecule has 1 rings (SSSR count). The Morgan fingerprint density at radius 1 is 1.46 bits per heavy atom. The Kier molecular flexibility index (Phi) is 2.70. The van der Waals surface area contributed by atoms with E-state index >= 15 is 0 Å². The van der Waals surface area contributed by atoms with Gasteiger partial charge in [-0.25, -0.2) is 4.39 Å². The predicted octanol–water partition coefficient (Wildman–Crippen LogP) is 1.55. The Balaban J connectivity index is 2.61. The van der Waals surface area contributed by atoms with Crippen LogP contribution in [0.1, 0.15) is 34.1 Å². The summed E-state index contributed by atoms with van der Waals surface area (Å²) in [4.78, 5) is 2.25. The van der Waals surface area contributed by atoms with Gasteiger partial charge in [-0.2, -0.15) is 0 Å². The molecule has 2 unspecified atom stereocenters. The highest BCUT2D eigenvalue weighted by Crippen LogP contribution is 2.28. The van der Waals surface area contributed by atoms with Gasteiger partial charge in [0.15, 0.2) is 0 Å². The maximum atomic E-state index is 13.7. The van der Waals surface area contributed by atoms with E-state index in [-0.39, 0.29) is 11.6 Å². The number of piperidine rings is 1. The van der Waals surface area contributed by atoms with Gasteiger partial charge in [0.1, 0.15) is 5.67 Å². The molecule has 0 radical (unpaired) electrons. The zero-order valence-corrected chi connectivity index (χ0v) is 9.10. The number of nitrogens with two attached hydrogens (primary N) is 1. The highest BCUT2D eigenvalue weighted by atomic mass is 19.1. The maximum Gasteiger partial charge on any atom is 0.125 e. The molecule has 2 atom stereocenters. The number of hydrogen-bond donors (Lipinski definition) is 1. The minimum Gasteiger partial charge on any atom is -0.324 e. The molecule has 0 spiro atoms. The fraction of sp³-hybridized carbons (Fsp3) is 1.00. The van der Waals surface area contributed by atoms with Gasteiger partial charge in [-0.3, -0.25) is 4.90 Å². The van der Waals surface area contributed by atoms with Gasteiger partial charge in [0.2, 0.25) is 0 Å². The van der Waals surface area contributed by atoms with Gasteiger partial charge >= 0.3 is 0 Å². The second kappa shape index (κ2) is 3.21. The molecule has 0 aromatic heterocycles. The molecule has 0 aliphatic carbocycles. The lowest BCUT2D eigenvalue weighted by Crippen LogP contribution is -2.60. The van der Waals surface area contributed by atoms with Crippen LogP contribution in [-0.4, -0.2) is 35.2 Å². The van der Waals surface area contributed by atoms with E-state index in [1.54, 1.807) is 6.92 Å². The lowest BCUT2D eigenvalue weighted by Gasteiger charge is -2.45. The molecule has 2 N–H and O–H groups in total. The minimum absolute atomic E-state index is 0.105. The van der Waals surface area contributed by atoms with Crippen molar-refractivity contribution < 1.29 is 4.39 Å². The first-order valence-electron chi connectivity index (χ1n) is 4.93. The van der Waals surface area contributed by atoms with Crippen LogP contribution in [0.15, 0.2) is 0 Å². The van der Waals surface area contributed by atoms with E-state index in [9.17, 15) is 4.39 Å². The Bertz CT molecular complexity index is 184. The predicted molar refractivity (Wildman–Crippen MR) is 53.4 cm³/mol. The molecular formula is C10H21FN2. The Morgan fingerprint density at radius 3 is 2.38 bits per heavy atom. The lowest BCUT2D eigenvalue weighted by molar-refractivity contribution is 0.0104. The van der Waals surface area contributed by atoms with Crippen LogP contribution in [0.2, 0.25) is 0 Å². The van der Waals surface area contributed by atoms with Gasteiger partial charge in [-0.15, -0.1) is 0 Å². The van der Waals surface area contributed by atoms with E-state index in [4.69, 9.17) is 5.73 Å². The number of alkyl halides is 1.